The van der Waals surface area contributed by atoms with E-state index in [4.69, 9.17) is 11.5 Å². The number of carboxylic acids is 1. The molecule has 4 atom stereocenters. The summed E-state index contributed by atoms with van der Waals surface area (Å²) in [6.07, 6.45) is 1.99. The number of nitrogens with one attached hydrogen (secondary N) is 3. The Morgan fingerprint density at radius 3 is 1.97 bits per heavy atom. The molecule has 9 N–H and O–H groups in total. The van der Waals surface area contributed by atoms with Crippen LogP contribution in [0.25, 0.3) is 0 Å². The largest absolute Gasteiger partial charge is 0.508 e. The molecular weight excluding hydrogens is 514 g/mol. The number of phenolic OH excluding ortho intramolecular Hbond substituents is 1. The Morgan fingerprint density at radius 1 is 0.895 bits per heavy atom. The van der Waals surface area contributed by atoms with E-state index in [1.54, 1.807) is 12.1 Å². The highest BCUT2D eigenvalue weighted by Gasteiger charge is 2.30. The van der Waals surface area contributed by atoms with Crippen molar-refractivity contribution >= 4 is 41.4 Å². The third-order valence-corrected chi connectivity index (χ3v) is 6.25. The molecule has 1 rings (SSSR count). The van der Waals surface area contributed by atoms with E-state index in [1.807, 2.05) is 20.1 Å². The van der Waals surface area contributed by atoms with Crippen molar-refractivity contribution in [3.05, 3.63) is 29.8 Å². The second-order valence-corrected chi connectivity index (χ2v) is 10.4. The highest BCUT2D eigenvalue weighted by atomic mass is 32.2. The molecule has 38 heavy (non-hydrogen) atoms. The molecule has 4 unspecified atom stereocenters. The molecule has 0 aromatic heterocycles. The minimum atomic E-state index is -1.22. The number of benzene rings is 1. The van der Waals surface area contributed by atoms with Crippen molar-refractivity contribution in [2.24, 2.45) is 17.4 Å². The van der Waals surface area contributed by atoms with Gasteiger partial charge in [-0.1, -0.05) is 26.0 Å². The molecule has 0 fully saturated rings. The van der Waals surface area contributed by atoms with Gasteiger partial charge in [-0.3, -0.25) is 19.2 Å². The van der Waals surface area contributed by atoms with Crippen LogP contribution >= 0.6 is 11.8 Å². The normalized spacial score (nSPS) is 14.1. The second-order valence-electron chi connectivity index (χ2n) is 9.41. The van der Waals surface area contributed by atoms with E-state index in [0.717, 1.165) is 0 Å². The van der Waals surface area contributed by atoms with Crippen molar-refractivity contribution in [3.8, 4) is 5.75 Å². The highest BCUT2D eigenvalue weighted by molar-refractivity contribution is 7.98. The first-order valence-corrected chi connectivity index (χ1v) is 13.7. The highest BCUT2D eigenvalue weighted by Crippen LogP contribution is 2.13. The van der Waals surface area contributed by atoms with Crippen molar-refractivity contribution in [2.75, 3.05) is 12.0 Å². The van der Waals surface area contributed by atoms with Gasteiger partial charge in [-0.05, 0) is 54.9 Å². The van der Waals surface area contributed by atoms with Gasteiger partial charge in [-0.15, -0.1) is 0 Å². The molecule has 212 valence electrons. The van der Waals surface area contributed by atoms with Gasteiger partial charge in [0.25, 0.3) is 0 Å². The number of rotatable bonds is 17. The molecule has 0 aliphatic rings. The maximum atomic E-state index is 13.2. The van der Waals surface area contributed by atoms with Crippen LogP contribution in [0.5, 0.6) is 5.75 Å². The quantitative estimate of drug-likeness (QED) is 0.137. The van der Waals surface area contributed by atoms with Gasteiger partial charge in [-0.25, -0.2) is 4.79 Å². The Hall–Kier alpha value is -3.32. The summed E-state index contributed by atoms with van der Waals surface area (Å²) in [6, 6.07) is 1.45. The van der Waals surface area contributed by atoms with Crippen LogP contribution in [0.2, 0.25) is 0 Å². The summed E-state index contributed by atoms with van der Waals surface area (Å²) in [7, 11) is 0. The summed E-state index contributed by atoms with van der Waals surface area (Å²) in [5.74, 6) is -3.36. The smallest absolute Gasteiger partial charge is 0.326 e. The van der Waals surface area contributed by atoms with E-state index in [9.17, 15) is 34.2 Å². The maximum Gasteiger partial charge on any atom is 0.326 e. The van der Waals surface area contributed by atoms with E-state index in [-0.39, 0.29) is 37.4 Å². The van der Waals surface area contributed by atoms with Gasteiger partial charge in [0, 0.05) is 12.8 Å². The number of hydrogen-bond acceptors (Lipinski definition) is 8. The van der Waals surface area contributed by atoms with E-state index in [2.05, 4.69) is 16.0 Å². The van der Waals surface area contributed by atoms with E-state index >= 15 is 0 Å². The first-order chi connectivity index (χ1) is 17.8. The molecular formula is C25H39N5O7S. The van der Waals surface area contributed by atoms with Crippen LogP contribution in [0.3, 0.4) is 0 Å². The zero-order valence-electron chi connectivity index (χ0n) is 21.9. The van der Waals surface area contributed by atoms with Crippen LogP contribution < -0.4 is 27.4 Å². The number of carbonyl (C=O) groups excluding carboxylic acids is 4. The van der Waals surface area contributed by atoms with E-state index < -0.39 is 53.8 Å². The number of aromatic hydroxyl groups is 1. The third kappa shape index (κ3) is 12.3. The molecule has 4 amide bonds. The minimum absolute atomic E-state index is 0.00811. The number of hydrogen-bond donors (Lipinski definition) is 7. The van der Waals surface area contributed by atoms with Crippen LogP contribution in [-0.4, -0.2) is 76.0 Å². The number of phenols is 1. The molecule has 13 heteroatoms. The summed E-state index contributed by atoms with van der Waals surface area (Å²) in [4.78, 5) is 62.0. The average Bonchev–Trinajstić information content (AvgIpc) is 2.83. The summed E-state index contributed by atoms with van der Waals surface area (Å²) < 4.78 is 0. The predicted octanol–water partition coefficient (Wildman–Crippen LogP) is -0.134. The lowest BCUT2D eigenvalue weighted by Crippen LogP contribution is -2.57. The lowest BCUT2D eigenvalue weighted by molar-refractivity contribution is -0.142. The Labute approximate surface area is 226 Å². The number of primary amides is 1. The average molecular weight is 554 g/mol. The molecule has 0 aliphatic heterocycles. The fraction of sp³-hybridized carbons (Fsp3) is 0.560. The molecule has 0 bridgehead atoms. The molecule has 0 saturated carbocycles. The van der Waals surface area contributed by atoms with E-state index in [1.165, 1.54) is 23.9 Å². The lowest BCUT2D eigenvalue weighted by atomic mass is 10.0. The summed E-state index contributed by atoms with van der Waals surface area (Å²) in [5, 5.41) is 26.6. The van der Waals surface area contributed by atoms with Gasteiger partial charge in [0.1, 0.15) is 23.9 Å². The SMILES string of the molecule is CSCCC(NC(=O)C(Cc1ccc(O)cc1)NC(=O)C(CCC(N)=O)NC(=O)C(N)CC(C)C)C(=O)O. The van der Waals surface area contributed by atoms with Crippen molar-refractivity contribution in [3.63, 3.8) is 0 Å². The van der Waals surface area contributed by atoms with E-state index in [0.29, 0.717) is 17.7 Å². The van der Waals surface area contributed by atoms with Gasteiger partial charge in [0.2, 0.25) is 23.6 Å². The van der Waals surface area contributed by atoms with Crippen LogP contribution in [0.15, 0.2) is 24.3 Å². The van der Waals surface area contributed by atoms with Crippen LogP contribution in [0.4, 0.5) is 0 Å². The summed E-state index contributed by atoms with van der Waals surface area (Å²) in [5.41, 5.74) is 11.7. The minimum Gasteiger partial charge on any atom is -0.508 e. The van der Waals surface area contributed by atoms with Gasteiger partial charge < -0.3 is 37.6 Å². The van der Waals surface area contributed by atoms with Crippen molar-refractivity contribution in [1.29, 1.82) is 0 Å². The Morgan fingerprint density at radius 2 is 1.45 bits per heavy atom. The number of nitrogens with two attached hydrogens (primary N) is 2. The van der Waals surface area contributed by atoms with Gasteiger partial charge >= 0.3 is 5.97 Å². The van der Waals surface area contributed by atoms with Gasteiger partial charge in [-0.2, -0.15) is 11.8 Å². The van der Waals surface area contributed by atoms with Gasteiger partial charge in [0.05, 0.1) is 6.04 Å². The van der Waals surface area contributed by atoms with Crippen molar-refractivity contribution < 1.29 is 34.2 Å². The van der Waals surface area contributed by atoms with Crippen molar-refractivity contribution in [2.45, 2.75) is 70.1 Å². The van der Waals surface area contributed by atoms with Crippen molar-refractivity contribution in [1.82, 2.24) is 16.0 Å². The third-order valence-electron chi connectivity index (χ3n) is 5.61. The fourth-order valence-corrected chi connectivity index (χ4v) is 4.04. The second kappa shape index (κ2) is 16.5. The summed E-state index contributed by atoms with van der Waals surface area (Å²) in [6.45, 7) is 3.78. The maximum absolute atomic E-state index is 13.2. The molecule has 0 aliphatic carbocycles. The molecule has 12 nitrogen and oxygen atoms in total. The Kier molecular flexibility index (Phi) is 14.2. The number of carbonyl (C=O) groups is 5. The number of amides is 4. The molecule has 0 saturated heterocycles. The molecule has 1 aromatic rings. The topological polar surface area (TPSA) is 214 Å². The first kappa shape index (κ1) is 32.7. The predicted molar refractivity (Wildman–Crippen MR) is 144 cm³/mol. The standard InChI is InChI=1S/C25H39N5O7S/c1-14(2)12-17(26)22(33)28-18(8-9-21(27)32)23(34)30-20(13-15-4-6-16(31)7-5-15)24(35)29-19(25(36)37)10-11-38-3/h4-7,14,17-20,31H,8-13,26H2,1-3H3,(H2,27,32)(H,28,33)(H,29,35)(H,30,34)(H,36,37). The van der Waals surface area contributed by atoms with Crippen LogP contribution in [-0.2, 0) is 30.4 Å². The zero-order valence-corrected chi connectivity index (χ0v) is 22.8. The first-order valence-electron chi connectivity index (χ1n) is 12.3. The summed E-state index contributed by atoms with van der Waals surface area (Å²) >= 11 is 1.42. The Bertz CT molecular complexity index is 958. The van der Waals surface area contributed by atoms with Crippen LogP contribution in [0, 0.1) is 5.92 Å². The Balaban J connectivity index is 3.16. The number of aliphatic carboxylic acids is 1. The lowest BCUT2D eigenvalue weighted by Gasteiger charge is -2.25. The van der Waals surface area contributed by atoms with Crippen LogP contribution in [0.1, 0.15) is 45.1 Å². The molecule has 0 spiro atoms. The van der Waals surface area contributed by atoms with Gasteiger partial charge in [0.15, 0.2) is 0 Å². The molecule has 0 heterocycles. The zero-order chi connectivity index (χ0) is 28.8. The number of carboxylic acid groups (broad SMARTS) is 1. The number of thioether (sulfide) groups is 1. The molecule has 1 aromatic carbocycles. The molecule has 0 radical (unpaired) electrons. The fourth-order valence-electron chi connectivity index (χ4n) is 3.56. The monoisotopic (exact) mass is 553 g/mol.